The fourth-order valence-corrected chi connectivity index (χ4v) is 3.78. The predicted octanol–water partition coefficient (Wildman–Crippen LogP) is 4.16. The lowest BCUT2D eigenvalue weighted by atomic mass is 10.0. The molecule has 0 aliphatic heterocycles. The maximum absolute atomic E-state index is 5.91. The van der Waals surface area contributed by atoms with E-state index in [1.807, 2.05) is 0 Å². The molecular weight excluding hydrogens is 368 g/mol. The third kappa shape index (κ3) is 3.81. The highest BCUT2D eigenvalue weighted by Gasteiger charge is 2.30. The molecule has 1 aliphatic rings. The van der Waals surface area contributed by atoms with E-state index in [2.05, 4.69) is 61.9 Å². The van der Waals surface area contributed by atoms with Gasteiger partial charge in [-0.15, -0.1) is 0 Å². The van der Waals surface area contributed by atoms with Crippen molar-refractivity contribution < 1.29 is 0 Å². The highest BCUT2D eigenvalue weighted by molar-refractivity contribution is 9.13. The van der Waals surface area contributed by atoms with Gasteiger partial charge in [0.25, 0.3) is 0 Å². The first-order valence-corrected chi connectivity index (χ1v) is 8.62. The Balaban J connectivity index is 2.08. The molecule has 1 aromatic rings. The molecule has 2 nitrogen and oxygen atoms in total. The molecule has 2 rings (SSSR count). The molecule has 0 aromatic heterocycles. The van der Waals surface area contributed by atoms with E-state index in [-0.39, 0.29) is 0 Å². The van der Waals surface area contributed by atoms with E-state index in [1.165, 1.54) is 24.8 Å². The Morgan fingerprint density at radius 3 is 2.68 bits per heavy atom. The van der Waals surface area contributed by atoms with Crippen molar-refractivity contribution in [3.05, 3.63) is 32.7 Å². The van der Waals surface area contributed by atoms with E-state index in [0.29, 0.717) is 12.0 Å². The number of halogens is 2. The van der Waals surface area contributed by atoms with Crippen molar-refractivity contribution in [1.29, 1.82) is 0 Å². The van der Waals surface area contributed by atoms with Gasteiger partial charge in [0.15, 0.2) is 0 Å². The normalized spacial score (nSPS) is 23.2. The highest BCUT2D eigenvalue weighted by Crippen LogP contribution is 2.31. The molecule has 1 aromatic carbocycles. The number of nitrogens with two attached hydrogens (primary N) is 1. The summed E-state index contributed by atoms with van der Waals surface area (Å²) in [5, 5.41) is 0. The third-order valence-corrected chi connectivity index (χ3v) is 6.05. The lowest BCUT2D eigenvalue weighted by Crippen LogP contribution is -2.39. The van der Waals surface area contributed by atoms with Crippen LogP contribution in [0.1, 0.15) is 31.7 Å². The molecule has 1 saturated carbocycles. The average Bonchev–Trinajstić information content (AvgIpc) is 2.88. The average molecular weight is 390 g/mol. The number of hydrogen-bond acceptors (Lipinski definition) is 2. The summed E-state index contributed by atoms with van der Waals surface area (Å²) in [5.41, 5.74) is 7.27. The van der Waals surface area contributed by atoms with Crippen molar-refractivity contribution in [2.75, 3.05) is 13.1 Å². The Kier molecular flexibility index (Phi) is 5.87. The molecule has 2 atom stereocenters. The van der Waals surface area contributed by atoms with Crippen molar-refractivity contribution in [2.45, 2.75) is 38.8 Å². The minimum absolute atomic E-state index is 0.664. The van der Waals surface area contributed by atoms with Gasteiger partial charge in [-0.1, -0.05) is 19.4 Å². The first kappa shape index (κ1) is 15.5. The molecule has 1 fully saturated rings. The second kappa shape index (κ2) is 7.21. The molecule has 0 saturated heterocycles. The maximum atomic E-state index is 5.91. The fraction of sp³-hybridized carbons (Fsp3) is 0.600. The summed E-state index contributed by atoms with van der Waals surface area (Å²) in [6.07, 6.45) is 3.92. The molecule has 0 spiro atoms. The summed E-state index contributed by atoms with van der Waals surface area (Å²) in [7, 11) is 0. The standard InChI is InChI=1S/C15H22Br2N2/c1-2-19(15-5-3-4-12(15)9-18)10-11-6-7-13(16)14(17)8-11/h6-8,12,15H,2-5,9-10,18H2,1H3. The van der Waals surface area contributed by atoms with Crippen molar-refractivity contribution in [3.63, 3.8) is 0 Å². The molecule has 0 radical (unpaired) electrons. The van der Waals surface area contributed by atoms with Gasteiger partial charge in [0, 0.05) is 21.5 Å². The van der Waals surface area contributed by atoms with Gasteiger partial charge in [-0.3, -0.25) is 4.90 Å². The Bertz CT molecular complexity index is 423. The summed E-state index contributed by atoms with van der Waals surface area (Å²) >= 11 is 7.10. The van der Waals surface area contributed by atoms with Gasteiger partial charge >= 0.3 is 0 Å². The van der Waals surface area contributed by atoms with E-state index >= 15 is 0 Å². The van der Waals surface area contributed by atoms with Gasteiger partial charge in [0.05, 0.1) is 0 Å². The minimum atomic E-state index is 0.664. The first-order valence-electron chi connectivity index (χ1n) is 7.03. The molecular formula is C15H22Br2N2. The topological polar surface area (TPSA) is 29.3 Å². The molecule has 19 heavy (non-hydrogen) atoms. The van der Waals surface area contributed by atoms with Crippen LogP contribution in [0.2, 0.25) is 0 Å². The quantitative estimate of drug-likeness (QED) is 0.818. The molecule has 2 unspecified atom stereocenters. The van der Waals surface area contributed by atoms with Crippen molar-refractivity contribution in [2.24, 2.45) is 11.7 Å². The Morgan fingerprint density at radius 1 is 1.26 bits per heavy atom. The van der Waals surface area contributed by atoms with Crippen LogP contribution < -0.4 is 5.73 Å². The lowest BCUT2D eigenvalue weighted by molar-refractivity contribution is 0.162. The van der Waals surface area contributed by atoms with E-state index in [9.17, 15) is 0 Å². The summed E-state index contributed by atoms with van der Waals surface area (Å²) in [5.74, 6) is 0.679. The minimum Gasteiger partial charge on any atom is -0.330 e. The van der Waals surface area contributed by atoms with Crippen molar-refractivity contribution >= 4 is 31.9 Å². The Hall–Kier alpha value is 0.1000. The van der Waals surface area contributed by atoms with Gasteiger partial charge in [-0.25, -0.2) is 0 Å². The maximum Gasteiger partial charge on any atom is 0.0320 e. The molecule has 0 amide bonds. The first-order chi connectivity index (χ1) is 9.15. The summed E-state index contributed by atoms with van der Waals surface area (Å²) in [6, 6.07) is 7.18. The summed E-state index contributed by atoms with van der Waals surface area (Å²) in [6.45, 7) is 5.18. The molecule has 2 N–H and O–H groups in total. The van der Waals surface area contributed by atoms with Gasteiger partial charge < -0.3 is 5.73 Å². The smallest absolute Gasteiger partial charge is 0.0320 e. The number of rotatable bonds is 5. The number of hydrogen-bond donors (Lipinski definition) is 1. The van der Waals surface area contributed by atoms with Gasteiger partial charge in [-0.05, 0) is 81.4 Å². The van der Waals surface area contributed by atoms with Crippen LogP contribution in [0, 0.1) is 5.92 Å². The Labute approximate surface area is 133 Å². The monoisotopic (exact) mass is 388 g/mol. The van der Waals surface area contributed by atoms with Crippen LogP contribution >= 0.6 is 31.9 Å². The summed E-state index contributed by atoms with van der Waals surface area (Å²) in [4.78, 5) is 2.58. The zero-order valence-corrected chi connectivity index (χ0v) is 14.6. The molecule has 1 aliphatic carbocycles. The molecule has 106 valence electrons. The summed E-state index contributed by atoms with van der Waals surface area (Å²) < 4.78 is 2.24. The molecule has 4 heteroatoms. The largest absolute Gasteiger partial charge is 0.330 e. The van der Waals surface area contributed by atoms with Crippen LogP contribution in [0.3, 0.4) is 0 Å². The van der Waals surface area contributed by atoms with Crippen LogP contribution in [0.25, 0.3) is 0 Å². The van der Waals surface area contributed by atoms with E-state index in [0.717, 1.165) is 28.6 Å². The van der Waals surface area contributed by atoms with Crippen molar-refractivity contribution in [1.82, 2.24) is 4.90 Å². The van der Waals surface area contributed by atoms with Crippen LogP contribution in [-0.2, 0) is 6.54 Å². The second-order valence-corrected chi connectivity index (χ2v) is 7.01. The number of nitrogens with zero attached hydrogens (tertiary/aromatic N) is 1. The van der Waals surface area contributed by atoms with Crippen LogP contribution in [0.4, 0.5) is 0 Å². The van der Waals surface area contributed by atoms with Gasteiger partial charge in [0.2, 0.25) is 0 Å². The zero-order valence-electron chi connectivity index (χ0n) is 11.4. The fourth-order valence-electron chi connectivity index (χ4n) is 3.11. The second-order valence-electron chi connectivity index (χ2n) is 5.31. The van der Waals surface area contributed by atoms with Crippen LogP contribution in [0.5, 0.6) is 0 Å². The number of benzene rings is 1. The third-order valence-electron chi connectivity index (χ3n) is 4.17. The predicted molar refractivity (Wildman–Crippen MR) is 88.1 cm³/mol. The van der Waals surface area contributed by atoms with E-state index < -0.39 is 0 Å². The van der Waals surface area contributed by atoms with Crippen LogP contribution in [0.15, 0.2) is 27.1 Å². The van der Waals surface area contributed by atoms with E-state index in [4.69, 9.17) is 5.73 Å². The highest BCUT2D eigenvalue weighted by atomic mass is 79.9. The Morgan fingerprint density at radius 2 is 2.05 bits per heavy atom. The van der Waals surface area contributed by atoms with Crippen molar-refractivity contribution in [3.8, 4) is 0 Å². The zero-order chi connectivity index (χ0) is 13.8. The SMILES string of the molecule is CCN(Cc1ccc(Br)c(Br)c1)C1CCCC1CN. The van der Waals surface area contributed by atoms with Gasteiger partial charge in [-0.2, -0.15) is 0 Å². The van der Waals surface area contributed by atoms with Crippen LogP contribution in [-0.4, -0.2) is 24.0 Å². The molecule has 0 bridgehead atoms. The molecule has 0 heterocycles. The lowest BCUT2D eigenvalue weighted by Gasteiger charge is -2.32. The van der Waals surface area contributed by atoms with Gasteiger partial charge in [0.1, 0.15) is 0 Å². The van der Waals surface area contributed by atoms with E-state index in [1.54, 1.807) is 0 Å².